The molecule has 1 saturated heterocycles. The highest BCUT2D eigenvalue weighted by atomic mass is 19.1. The number of aryl methyl sites for hydroxylation is 2. The van der Waals surface area contributed by atoms with Gasteiger partial charge in [0, 0.05) is 27.1 Å². The van der Waals surface area contributed by atoms with Crippen LogP contribution in [0.25, 0.3) is 11.2 Å². The van der Waals surface area contributed by atoms with Gasteiger partial charge in [0.1, 0.15) is 29.8 Å². The van der Waals surface area contributed by atoms with E-state index in [2.05, 4.69) is 4.98 Å². The lowest BCUT2D eigenvalue weighted by molar-refractivity contribution is -0.0202. The van der Waals surface area contributed by atoms with E-state index in [0.29, 0.717) is 36.4 Å². The van der Waals surface area contributed by atoms with Crippen LogP contribution in [0.5, 0.6) is 0 Å². The van der Waals surface area contributed by atoms with Gasteiger partial charge in [-0.15, -0.1) is 0 Å². The van der Waals surface area contributed by atoms with E-state index in [1.807, 2.05) is 11.9 Å². The Bertz CT molecular complexity index is 1490. The Morgan fingerprint density at radius 2 is 1.54 bits per heavy atom. The van der Waals surface area contributed by atoms with Crippen LogP contribution in [0, 0.1) is 11.6 Å². The highest BCUT2D eigenvalue weighted by molar-refractivity contribution is 5.71. The largest absolute Gasteiger partial charge is 0.344 e. The number of nitrogens with zero attached hydrogens (tertiary/aromatic N) is 5. The predicted octanol–water partition coefficient (Wildman–Crippen LogP) is 3.53. The molecule has 3 heterocycles. The molecule has 1 unspecified atom stereocenters. The Morgan fingerprint density at radius 1 is 0.946 bits per heavy atom. The van der Waals surface area contributed by atoms with Crippen LogP contribution in [0.1, 0.15) is 49.2 Å². The minimum atomic E-state index is -0.598. The van der Waals surface area contributed by atoms with Gasteiger partial charge in [-0.3, -0.25) is 18.9 Å². The first kappa shape index (κ1) is 24.9. The van der Waals surface area contributed by atoms with Crippen molar-refractivity contribution in [2.75, 3.05) is 11.6 Å². The van der Waals surface area contributed by atoms with Gasteiger partial charge >= 0.3 is 5.69 Å². The summed E-state index contributed by atoms with van der Waals surface area (Å²) < 4.78 is 38.4. The van der Waals surface area contributed by atoms with E-state index >= 15 is 0 Å². The van der Waals surface area contributed by atoms with Crippen molar-refractivity contribution in [1.29, 1.82) is 0 Å². The molecule has 2 aromatic heterocycles. The van der Waals surface area contributed by atoms with E-state index in [9.17, 15) is 18.4 Å². The third kappa shape index (κ3) is 4.46. The maximum absolute atomic E-state index is 13.7. The number of halogens is 2. The lowest BCUT2D eigenvalue weighted by Gasteiger charge is -2.40. The molecule has 0 aliphatic carbocycles. The van der Waals surface area contributed by atoms with Crippen molar-refractivity contribution in [2.24, 2.45) is 14.1 Å². The number of aromatic nitrogens is 4. The van der Waals surface area contributed by atoms with Crippen molar-refractivity contribution < 1.29 is 13.5 Å². The van der Waals surface area contributed by atoms with E-state index in [1.165, 1.54) is 35.9 Å². The molecule has 0 bridgehead atoms. The summed E-state index contributed by atoms with van der Waals surface area (Å²) in [7, 11) is 3.06. The van der Waals surface area contributed by atoms with Crippen LogP contribution in [-0.4, -0.2) is 31.6 Å². The van der Waals surface area contributed by atoms with Crippen molar-refractivity contribution in [2.45, 2.75) is 44.9 Å². The molecule has 0 saturated carbocycles. The van der Waals surface area contributed by atoms with Crippen LogP contribution >= 0.6 is 0 Å². The molecule has 1 aliphatic rings. The van der Waals surface area contributed by atoms with Gasteiger partial charge < -0.3 is 4.74 Å². The van der Waals surface area contributed by atoms with Gasteiger partial charge in [0.2, 0.25) is 0 Å². The summed E-state index contributed by atoms with van der Waals surface area (Å²) >= 11 is 0. The first-order valence-electron chi connectivity index (χ1n) is 12.4. The molecule has 194 valence electrons. The topological polar surface area (TPSA) is 74.3 Å². The summed E-state index contributed by atoms with van der Waals surface area (Å²) in [5, 5.41) is 1.99. The number of hydrogen-bond acceptors (Lipinski definition) is 5. The average molecular weight is 510 g/mol. The highest BCUT2D eigenvalue weighted by Gasteiger charge is 2.32. The molecule has 10 heteroatoms. The van der Waals surface area contributed by atoms with Crippen molar-refractivity contribution in [3.63, 3.8) is 0 Å². The second-order valence-corrected chi connectivity index (χ2v) is 9.30. The molecule has 1 fully saturated rings. The summed E-state index contributed by atoms with van der Waals surface area (Å²) in [5.41, 5.74) is 1.22. The summed E-state index contributed by atoms with van der Waals surface area (Å²) in [6, 6.07) is 12.1. The van der Waals surface area contributed by atoms with Gasteiger partial charge in [0.05, 0.1) is 0 Å². The normalized spacial score (nSPS) is 16.2. The minimum absolute atomic E-state index is 0.317. The van der Waals surface area contributed by atoms with E-state index in [-0.39, 0.29) is 11.6 Å². The van der Waals surface area contributed by atoms with Gasteiger partial charge in [0.15, 0.2) is 11.2 Å². The van der Waals surface area contributed by atoms with Gasteiger partial charge in [-0.1, -0.05) is 31.2 Å². The quantitative estimate of drug-likeness (QED) is 0.398. The molecule has 1 atom stereocenters. The Labute approximate surface area is 212 Å². The second kappa shape index (κ2) is 9.93. The van der Waals surface area contributed by atoms with Crippen LogP contribution < -0.4 is 16.3 Å². The van der Waals surface area contributed by atoms with Crippen LogP contribution in [0.4, 0.5) is 8.78 Å². The zero-order chi connectivity index (χ0) is 26.3. The fraction of sp³-hybridized carbons (Fsp3) is 0.370. The van der Waals surface area contributed by atoms with Crippen LogP contribution in [0.2, 0.25) is 0 Å². The van der Waals surface area contributed by atoms with Crippen molar-refractivity contribution in [3.05, 3.63) is 98.0 Å². The zero-order valence-corrected chi connectivity index (χ0v) is 21.0. The molecule has 0 amide bonds. The van der Waals surface area contributed by atoms with Gasteiger partial charge in [-0.25, -0.2) is 23.2 Å². The predicted molar refractivity (Wildman–Crippen MR) is 136 cm³/mol. The van der Waals surface area contributed by atoms with Crippen LogP contribution in [-0.2, 0) is 25.3 Å². The Hall–Kier alpha value is -3.79. The Balaban J connectivity index is 1.62. The lowest BCUT2D eigenvalue weighted by atomic mass is 10.0. The smallest absolute Gasteiger partial charge is 0.332 e. The number of rotatable bonds is 6. The molecule has 0 N–H and O–H groups in total. The van der Waals surface area contributed by atoms with Crippen molar-refractivity contribution >= 4 is 11.2 Å². The highest BCUT2D eigenvalue weighted by Crippen LogP contribution is 2.32. The number of piperidine rings is 1. The number of hydrogen-bond donors (Lipinski definition) is 0. The Kier molecular flexibility index (Phi) is 6.68. The third-order valence-corrected chi connectivity index (χ3v) is 6.93. The lowest BCUT2D eigenvalue weighted by Crippen LogP contribution is -2.50. The molecule has 2 aromatic carbocycles. The van der Waals surface area contributed by atoms with Crippen molar-refractivity contribution in [1.82, 2.24) is 18.8 Å². The maximum atomic E-state index is 13.7. The number of ether oxygens (including phenoxy) is 1. The molecule has 37 heavy (non-hydrogen) atoms. The third-order valence-electron chi connectivity index (χ3n) is 6.93. The van der Waals surface area contributed by atoms with Gasteiger partial charge in [-0.2, -0.15) is 0 Å². The summed E-state index contributed by atoms with van der Waals surface area (Å²) in [6.07, 6.45) is 1.94. The van der Waals surface area contributed by atoms with Gasteiger partial charge in [0.25, 0.3) is 5.56 Å². The SMILES string of the molecule is CCc1nc2c(c(=O)n(C)c(=O)n2C)n1N1CCCCC1OC(c1ccc(F)cc1)c1ccc(F)cc1. The monoisotopic (exact) mass is 509 g/mol. The standard InChI is InChI=1S/C27H29F2N5O3/c1-4-21-30-25-23(26(35)32(3)27(36)31(25)2)34(21)33-16-6-5-7-22(33)37-24(17-8-12-19(28)13-9-17)18-10-14-20(29)15-11-18/h8-15,22,24H,4-7,16H2,1-3H3. The van der Waals surface area contributed by atoms with E-state index in [0.717, 1.165) is 28.5 Å². The molecule has 0 radical (unpaired) electrons. The van der Waals surface area contributed by atoms with Crippen LogP contribution in [0.15, 0.2) is 58.1 Å². The number of imidazole rings is 1. The second-order valence-electron chi connectivity index (χ2n) is 9.30. The van der Waals surface area contributed by atoms with E-state index in [4.69, 9.17) is 4.74 Å². The maximum Gasteiger partial charge on any atom is 0.332 e. The molecule has 4 aromatic rings. The number of benzene rings is 2. The fourth-order valence-electron chi connectivity index (χ4n) is 4.97. The molecule has 1 aliphatic heterocycles. The Morgan fingerprint density at radius 3 is 2.11 bits per heavy atom. The van der Waals surface area contributed by atoms with E-state index < -0.39 is 23.6 Å². The van der Waals surface area contributed by atoms with Crippen LogP contribution in [0.3, 0.4) is 0 Å². The zero-order valence-electron chi connectivity index (χ0n) is 21.0. The summed E-state index contributed by atoms with van der Waals surface area (Å²) in [4.78, 5) is 30.5. The summed E-state index contributed by atoms with van der Waals surface area (Å²) in [6.45, 7) is 2.55. The minimum Gasteiger partial charge on any atom is -0.344 e. The molecule has 0 spiro atoms. The van der Waals surface area contributed by atoms with Gasteiger partial charge in [-0.05, 0) is 54.7 Å². The van der Waals surface area contributed by atoms with Crippen molar-refractivity contribution in [3.8, 4) is 0 Å². The fourth-order valence-corrected chi connectivity index (χ4v) is 4.97. The summed E-state index contributed by atoms with van der Waals surface area (Å²) in [5.74, 6) is -0.0800. The molecular weight excluding hydrogens is 480 g/mol. The number of fused-ring (bicyclic) bond motifs is 1. The van der Waals surface area contributed by atoms with E-state index in [1.54, 1.807) is 36.0 Å². The first-order chi connectivity index (χ1) is 17.8. The molecule has 5 rings (SSSR count). The molecular formula is C27H29F2N5O3. The average Bonchev–Trinajstić information content (AvgIpc) is 3.30. The first-order valence-corrected chi connectivity index (χ1v) is 12.4. The molecule has 8 nitrogen and oxygen atoms in total.